The van der Waals surface area contributed by atoms with Gasteiger partial charge in [0, 0.05) is 49.1 Å². The summed E-state index contributed by atoms with van der Waals surface area (Å²) >= 11 is 6.13. The number of piperazine rings is 1. The topological polar surface area (TPSA) is 48.7 Å². The molecule has 0 aliphatic carbocycles. The zero-order valence-electron chi connectivity index (χ0n) is 18.0. The van der Waals surface area contributed by atoms with Gasteiger partial charge in [0.25, 0.3) is 5.56 Å². The van der Waals surface area contributed by atoms with Crippen molar-refractivity contribution in [1.29, 1.82) is 0 Å². The molecule has 0 saturated carbocycles. The van der Waals surface area contributed by atoms with Crippen LogP contribution in [0, 0.1) is 6.92 Å². The quantitative estimate of drug-likeness (QED) is 0.640. The van der Waals surface area contributed by atoms with Crippen molar-refractivity contribution in [2.24, 2.45) is 0 Å². The number of benzene rings is 2. The number of nitrogens with zero attached hydrogens (tertiary/aromatic N) is 3. The highest BCUT2D eigenvalue weighted by molar-refractivity contribution is 6.30. The molecule has 1 aliphatic rings. The second kappa shape index (κ2) is 9.16. The van der Waals surface area contributed by atoms with Gasteiger partial charge in [-0.15, -0.1) is 0 Å². The molecule has 162 valence electrons. The van der Waals surface area contributed by atoms with Gasteiger partial charge < -0.3 is 14.6 Å². The third-order valence-electron chi connectivity index (χ3n) is 6.10. The van der Waals surface area contributed by atoms with Gasteiger partial charge in [0.15, 0.2) is 0 Å². The van der Waals surface area contributed by atoms with Crippen molar-refractivity contribution in [3.05, 3.63) is 92.9 Å². The molecule has 3 aromatic rings. The van der Waals surface area contributed by atoms with Gasteiger partial charge >= 0.3 is 0 Å². The predicted octanol–water partition coefficient (Wildman–Crippen LogP) is 4.45. The van der Waals surface area contributed by atoms with Crippen molar-refractivity contribution in [1.82, 2.24) is 9.47 Å². The first-order valence-corrected chi connectivity index (χ1v) is 11.1. The predicted molar refractivity (Wildman–Crippen MR) is 126 cm³/mol. The summed E-state index contributed by atoms with van der Waals surface area (Å²) in [4.78, 5) is 18.0. The lowest BCUT2D eigenvalue weighted by Crippen LogP contribution is -2.49. The highest BCUT2D eigenvalue weighted by atomic mass is 35.5. The molecule has 6 heteroatoms. The standard InChI is InChI=1S/C25H28ClN3O2/c1-3-29-18(2)17-22(30)23(25(29)31)24(19-9-11-20(26)12-10-19)28-15-13-27(14-16-28)21-7-5-4-6-8-21/h4-12,17,24,30H,3,13-16H2,1-2H3/t24-/m1/s1. The Morgan fingerprint density at radius 3 is 2.26 bits per heavy atom. The molecule has 0 unspecified atom stereocenters. The van der Waals surface area contributed by atoms with E-state index >= 15 is 0 Å². The lowest BCUT2D eigenvalue weighted by molar-refractivity contribution is 0.207. The molecular weight excluding hydrogens is 410 g/mol. The largest absolute Gasteiger partial charge is 0.507 e. The maximum atomic E-state index is 13.4. The number of halogens is 1. The SMILES string of the molecule is CCn1c(C)cc(O)c([C@@H](c2ccc(Cl)cc2)N2CCN(c3ccccc3)CC2)c1=O. The summed E-state index contributed by atoms with van der Waals surface area (Å²) in [5.74, 6) is 0.0534. The number of anilines is 1. The van der Waals surface area contributed by atoms with Crippen LogP contribution in [0.4, 0.5) is 5.69 Å². The maximum Gasteiger partial charge on any atom is 0.259 e. The zero-order chi connectivity index (χ0) is 22.0. The molecule has 1 saturated heterocycles. The van der Waals surface area contributed by atoms with Gasteiger partial charge in [-0.05, 0) is 49.7 Å². The van der Waals surface area contributed by atoms with E-state index in [1.54, 1.807) is 10.6 Å². The molecular formula is C25H28ClN3O2. The van der Waals surface area contributed by atoms with Crippen LogP contribution in [-0.2, 0) is 6.54 Å². The van der Waals surface area contributed by atoms with Gasteiger partial charge in [-0.25, -0.2) is 0 Å². The first-order valence-electron chi connectivity index (χ1n) is 10.7. The molecule has 5 nitrogen and oxygen atoms in total. The smallest absolute Gasteiger partial charge is 0.259 e. The maximum absolute atomic E-state index is 13.4. The van der Waals surface area contributed by atoms with Crippen LogP contribution < -0.4 is 10.5 Å². The Hall–Kier alpha value is -2.76. The lowest BCUT2D eigenvalue weighted by Gasteiger charge is -2.40. The zero-order valence-corrected chi connectivity index (χ0v) is 18.7. The van der Waals surface area contributed by atoms with Gasteiger partial charge in [-0.1, -0.05) is 41.9 Å². The number of hydrogen-bond donors (Lipinski definition) is 1. The minimum Gasteiger partial charge on any atom is -0.507 e. The van der Waals surface area contributed by atoms with Crippen LogP contribution in [0.25, 0.3) is 0 Å². The number of rotatable bonds is 5. The molecule has 1 fully saturated rings. The van der Waals surface area contributed by atoms with Gasteiger partial charge in [0.1, 0.15) is 5.75 Å². The molecule has 1 aromatic heterocycles. The summed E-state index contributed by atoms with van der Waals surface area (Å²) in [6, 6.07) is 19.3. The van der Waals surface area contributed by atoms with Crippen LogP contribution in [0.15, 0.2) is 65.5 Å². The van der Waals surface area contributed by atoms with Gasteiger partial charge in [0.05, 0.1) is 11.6 Å². The number of aromatic nitrogens is 1. The number of pyridine rings is 1. The molecule has 2 heterocycles. The summed E-state index contributed by atoms with van der Waals surface area (Å²) in [6.07, 6.45) is 0. The summed E-state index contributed by atoms with van der Waals surface area (Å²) in [5.41, 5.74) is 3.22. The van der Waals surface area contributed by atoms with Crippen LogP contribution in [0.3, 0.4) is 0 Å². The second-order valence-electron chi connectivity index (χ2n) is 7.95. The Bertz CT molecular complexity index is 1090. The third-order valence-corrected chi connectivity index (χ3v) is 6.35. The van der Waals surface area contributed by atoms with E-state index in [0.29, 0.717) is 17.1 Å². The van der Waals surface area contributed by atoms with Crippen LogP contribution in [-0.4, -0.2) is 40.8 Å². The van der Waals surface area contributed by atoms with Crippen molar-refractivity contribution in [3.8, 4) is 5.75 Å². The van der Waals surface area contributed by atoms with E-state index in [2.05, 4.69) is 34.1 Å². The first-order chi connectivity index (χ1) is 15.0. The molecule has 0 spiro atoms. The lowest BCUT2D eigenvalue weighted by atomic mass is 9.96. The number of hydrogen-bond acceptors (Lipinski definition) is 4. The minimum absolute atomic E-state index is 0.0534. The molecule has 0 bridgehead atoms. The highest BCUT2D eigenvalue weighted by Gasteiger charge is 2.31. The van der Waals surface area contributed by atoms with E-state index in [0.717, 1.165) is 37.4 Å². The van der Waals surface area contributed by atoms with Gasteiger partial charge in [0.2, 0.25) is 0 Å². The van der Waals surface area contributed by atoms with E-state index < -0.39 is 0 Å². The Labute approximate surface area is 188 Å². The van der Waals surface area contributed by atoms with E-state index in [1.807, 2.05) is 44.2 Å². The van der Waals surface area contributed by atoms with Crippen molar-refractivity contribution >= 4 is 17.3 Å². The van der Waals surface area contributed by atoms with Crippen LogP contribution in [0.5, 0.6) is 5.75 Å². The Morgan fingerprint density at radius 2 is 1.65 bits per heavy atom. The Kier molecular flexibility index (Phi) is 6.35. The van der Waals surface area contributed by atoms with Crippen LogP contribution >= 0.6 is 11.6 Å². The molecule has 1 atom stereocenters. The molecule has 1 aliphatic heterocycles. The molecule has 2 aromatic carbocycles. The monoisotopic (exact) mass is 437 g/mol. The van der Waals surface area contributed by atoms with Crippen molar-refractivity contribution in [3.63, 3.8) is 0 Å². The molecule has 31 heavy (non-hydrogen) atoms. The molecule has 0 amide bonds. The molecule has 1 N–H and O–H groups in total. The minimum atomic E-state index is -0.332. The van der Waals surface area contributed by atoms with E-state index in [4.69, 9.17) is 11.6 Å². The third kappa shape index (κ3) is 4.34. The van der Waals surface area contributed by atoms with E-state index in [-0.39, 0.29) is 17.4 Å². The molecule has 0 radical (unpaired) electrons. The molecule has 4 rings (SSSR count). The summed E-state index contributed by atoms with van der Waals surface area (Å²) in [6.45, 7) is 7.62. The fourth-order valence-electron chi connectivity index (χ4n) is 4.50. The average molecular weight is 438 g/mol. The average Bonchev–Trinajstić information content (AvgIpc) is 2.78. The summed E-state index contributed by atoms with van der Waals surface area (Å²) < 4.78 is 1.72. The number of aromatic hydroxyl groups is 1. The first kappa shape index (κ1) is 21.5. The van der Waals surface area contributed by atoms with E-state index in [1.165, 1.54) is 5.69 Å². The summed E-state index contributed by atoms with van der Waals surface area (Å²) in [5, 5.41) is 11.5. The number of aryl methyl sites for hydroxylation is 1. The highest BCUT2D eigenvalue weighted by Crippen LogP contribution is 2.34. The van der Waals surface area contributed by atoms with Crippen molar-refractivity contribution in [2.45, 2.75) is 26.4 Å². The fourth-order valence-corrected chi connectivity index (χ4v) is 4.63. The van der Waals surface area contributed by atoms with Crippen LogP contribution in [0.2, 0.25) is 5.02 Å². The number of para-hydroxylation sites is 1. The van der Waals surface area contributed by atoms with E-state index in [9.17, 15) is 9.90 Å². The van der Waals surface area contributed by atoms with Gasteiger partial charge in [-0.3, -0.25) is 9.69 Å². The van der Waals surface area contributed by atoms with Gasteiger partial charge in [-0.2, -0.15) is 0 Å². The fraction of sp³-hybridized carbons (Fsp3) is 0.320. The summed E-state index contributed by atoms with van der Waals surface area (Å²) in [7, 11) is 0. The van der Waals surface area contributed by atoms with Crippen molar-refractivity contribution < 1.29 is 5.11 Å². The Balaban J connectivity index is 1.72. The van der Waals surface area contributed by atoms with Crippen LogP contribution in [0.1, 0.15) is 29.8 Å². The second-order valence-corrected chi connectivity index (χ2v) is 8.38. The Morgan fingerprint density at radius 1 is 1.00 bits per heavy atom. The van der Waals surface area contributed by atoms with Crippen molar-refractivity contribution in [2.75, 3.05) is 31.1 Å². The normalized spacial score (nSPS) is 15.8.